The quantitative estimate of drug-likeness (QED) is 0.837. The summed E-state index contributed by atoms with van der Waals surface area (Å²) >= 11 is 0. The van der Waals surface area contributed by atoms with Gasteiger partial charge >= 0.3 is 0 Å². The van der Waals surface area contributed by atoms with Gasteiger partial charge in [-0.15, -0.1) is 0 Å². The van der Waals surface area contributed by atoms with E-state index < -0.39 is 0 Å². The fraction of sp³-hybridized carbons (Fsp3) is 0.412. The summed E-state index contributed by atoms with van der Waals surface area (Å²) in [4.78, 5) is 0. The van der Waals surface area contributed by atoms with Gasteiger partial charge in [-0.2, -0.15) is 0 Å². The molecule has 1 aromatic heterocycles. The number of methoxy groups -OCH3 is 1. The Labute approximate surface area is 120 Å². The van der Waals surface area contributed by atoms with Crippen molar-refractivity contribution in [2.45, 2.75) is 38.4 Å². The number of ether oxygens (including phenoxy) is 1. The van der Waals surface area contributed by atoms with Crippen molar-refractivity contribution in [1.29, 1.82) is 0 Å². The van der Waals surface area contributed by atoms with Gasteiger partial charge in [-0.25, -0.2) is 0 Å². The van der Waals surface area contributed by atoms with E-state index in [1.807, 2.05) is 12.1 Å². The summed E-state index contributed by atoms with van der Waals surface area (Å²) in [6, 6.07) is 13.5. The van der Waals surface area contributed by atoms with Crippen molar-refractivity contribution in [1.82, 2.24) is 9.88 Å². The highest BCUT2D eigenvalue weighted by Gasteiger charge is 2.20. The predicted octanol–water partition coefficient (Wildman–Crippen LogP) is 2.99. The maximum atomic E-state index is 5.19. The molecule has 1 saturated carbocycles. The molecule has 1 aromatic carbocycles. The summed E-state index contributed by atoms with van der Waals surface area (Å²) in [5, 5.41) is 3.58. The van der Waals surface area contributed by atoms with E-state index in [0.717, 1.165) is 31.3 Å². The molecule has 1 fully saturated rings. The van der Waals surface area contributed by atoms with Crippen molar-refractivity contribution < 1.29 is 4.74 Å². The molecule has 0 atom stereocenters. The summed E-state index contributed by atoms with van der Waals surface area (Å²) in [6.45, 7) is 2.02. The number of nitrogens with one attached hydrogen (secondary N) is 1. The van der Waals surface area contributed by atoms with Gasteiger partial charge in [0.2, 0.25) is 0 Å². The number of hydrogen-bond acceptors (Lipinski definition) is 2. The third-order valence-electron chi connectivity index (χ3n) is 3.87. The predicted molar refractivity (Wildman–Crippen MR) is 81.0 cm³/mol. The van der Waals surface area contributed by atoms with E-state index >= 15 is 0 Å². The Balaban J connectivity index is 1.55. The summed E-state index contributed by atoms with van der Waals surface area (Å²) in [5.74, 6) is 0.920. The number of rotatable bonds is 7. The van der Waals surface area contributed by atoms with Crippen molar-refractivity contribution in [2.24, 2.45) is 0 Å². The molecule has 20 heavy (non-hydrogen) atoms. The van der Waals surface area contributed by atoms with Gasteiger partial charge in [-0.05, 0) is 49.1 Å². The molecule has 1 aliphatic carbocycles. The second kappa shape index (κ2) is 6.14. The highest BCUT2D eigenvalue weighted by atomic mass is 16.5. The van der Waals surface area contributed by atoms with Crippen LogP contribution in [-0.2, 0) is 19.5 Å². The van der Waals surface area contributed by atoms with Crippen LogP contribution in [0.1, 0.15) is 24.1 Å². The minimum absolute atomic E-state index is 0.764. The van der Waals surface area contributed by atoms with Crippen LogP contribution in [0.4, 0.5) is 0 Å². The average Bonchev–Trinajstić information content (AvgIpc) is 3.22. The molecule has 0 saturated heterocycles. The van der Waals surface area contributed by atoms with Crippen LogP contribution in [0, 0.1) is 0 Å². The van der Waals surface area contributed by atoms with Crippen molar-refractivity contribution in [2.75, 3.05) is 7.11 Å². The molecule has 1 aliphatic rings. The van der Waals surface area contributed by atoms with Crippen LogP contribution in [0.3, 0.4) is 0 Å². The Morgan fingerprint density at radius 2 is 2.00 bits per heavy atom. The van der Waals surface area contributed by atoms with E-state index in [0.29, 0.717) is 0 Å². The summed E-state index contributed by atoms with van der Waals surface area (Å²) < 4.78 is 7.53. The smallest absolute Gasteiger partial charge is 0.118 e. The number of benzene rings is 1. The van der Waals surface area contributed by atoms with Crippen LogP contribution in [0.2, 0.25) is 0 Å². The zero-order chi connectivity index (χ0) is 13.8. The number of hydrogen-bond donors (Lipinski definition) is 1. The van der Waals surface area contributed by atoms with Gasteiger partial charge in [0.1, 0.15) is 5.75 Å². The molecule has 3 nitrogen and oxygen atoms in total. The molecular formula is C17H22N2O. The minimum Gasteiger partial charge on any atom is -0.497 e. The molecular weight excluding hydrogens is 248 g/mol. The second-order valence-electron chi connectivity index (χ2n) is 5.45. The van der Waals surface area contributed by atoms with Crippen molar-refractivity contribution in [3.63, 3.8) is 0 Å². The van der Waals surface area contributed by atoms with E-state index in [2.05, 4.69) is 40.3 Å². The molecule has 0 amide bonds. The van der Waals surface area contributed by atoms with E-state index in [1.54, 1.807) is 7.11 Å². The first kappa shape index (κ1) is 13.3. The van der Waals surface area contributed by atoms with Crippen LogP contribution in [-0.4, -0.2) is 17.7 Å². The molecule has 0 aliphatic heterocycles. The van der Waals surface area contributed by atoms with Crippen LogP contribution >= 0.6 is 0 Å². The first-order valence-corrected chi connectivity index (χ1v) is 7.35. The van der Waals surface area contributed by atoms with E-state index in [1.165, 1.54) is 24.1 Å². The maximum Gasteiger partial charge on any atom is 0.118 e. The molecule has 3 rings (SSSR count). The normalized spacial score (nSPS) is 14.4. The zero-order valence-electron chi connectivity index (χ0n) is 12.0. The van der Waals surface area contributed by atoms with Crippen molar-refractivity contribution >= 4 is 0 Å². The van der Waals surface area contributed by atoms with Crippen molar-refractivity contribution in [3.8, 4) is 5.75 Å². The Kier molecular flexibility index (Phi) is 4.07. The SMILES string of the molecule is COc1ccc(CCn2cccc2CNC2CC2)cc1. The zero-order valence-corrected chi connectivity index (χ0v) is 12.0. The van der Waals surface area contributed by atoms with Gasteiger partial charge in [0, 0.05) is 31.0 Å². The Morgan fingerprint density at radius 1 is 1.20 bits per heavy atom. The fourth-order valence-corrected chi connectivity index (χ4v) is 2.41. The van der Waals surface area contributed by atoms with Gasteiger partial charge in [-0.1, -0.05) is 12.1 Å². The first-order valence-electron chi connectivity index (χ1n) is 7.35. The molecule has 2 aromatic rings. The Hall–Kier alpha value is -1.74. The van der Waals surface area contributed by atoms with Gasteiger partial charge < -0.3 is 14.6 Å². The molecule has 0 bridgehead atoms. The first-order chi connectivity index (χ1) is 9.85. The van der Waals surface area contributed by atoms with Crippen LogP contribution in [0.15, 0.2) is 42.6 Å². The summed E-state index contributed by atoms with van der Waals surface area (Å²) in [7, 11) is 1.70. The maximum absolute atomic E-state index is 5.19. The van der Waals surface area contributed by atoms with E-state index in [-0.39, 0.29) is 0 Å². The highest BCUT2D eigenvalue weighted by Crippen LogP contribution is 2.19. The Bertz CT molecular complexity index is 540. The molecule has 0 spiro atoms. The number of nitrogens with zero attached hydrogens (tertiary/aromatic N) is 1. The third-order valence-corrected chi connectivity index (χ3v) is 3.87. The molecule has 0 unspecified atom stereocenters. The molecule has 1 N–H and O–H groups in total. The molecule has 106 valence electrons. The third kappa shape index (κ3) is 3.42. The van der Waals surface area contributed by atoms with Gasteiger partial charge in [-0.3, -0.25) is 0 Å². The minimum atomic E-state index is 0.764. The lowest BCUT2D eigenvalue weighted by atomic mass is 10.1. The molecule has 0 radical (unpaired) electrons. The van der Waals surface area contributed by atoms with Crippen molar-refractivity contribution in [3.05, 3.63) is 53.9 Å². The van der Waals surface area contributed by atoms with E-state index in [4.69, 9.17) is 4.74 Å². The largest absolute Gasteiger partial charge is 0.497 e. The van der Waals surface area contributed by atoms with Crippen LogP contribution in [0.25, 0.3) is 0 Å². The van der Waals surface area contributed by atoms with Gasteiger partial charge in [0.15, 0.2) is 0 Å². The second-order valence-corrected chi connectivity index (χ2v) is 5.45. The average molecular weight is 270 g/mol. The lowest BCUT2D eigenvalue weighted by molar-refractivity contribution is 0.414. The van der Waals surface area contributed by atoms with Gasteiger partial charge in [0.25, 0.3) is 0 Å². The van der Waals surface area contributed by atoms with E-state index in [9.17, 15) is 0 Å². The highest BCUT2D eigenvalue weighted by molar-refractivity contribution is 5.27. The topological polar surface area (TPSA) is 26.2 Å². The lowest BCUT2D eigenvalue weighted by Gasteiger charge is -2.10. The monoisotopic (exact) mass is 270 g/mol. The summed E-state index contributed by atoms with van der Waals surface area (Å²) in [5.41, 5.74) is 2.73. The van der Waals surface area contributed by atoms with Crippen LogP contribution in [0.5, 0.6) is 5.75 Å². The van der Waals surface area contributed by atoms with Gasteiger partial charge in [0.05, 0.1) is 7.11 Å². The molecule has 3 heteroatoms. The summed E-state index contributed by atoms with van der Waals surface area (Å²) in [6.07, 6.45) is 5.90. The molecule has 1 heterocycles. The standard InChI is InChI=1S/C17H22N2O/c1-20-17-8-4-14(5-9-17)10-12-19-11-2-3-16(19)13-18-15-6-7-15/h2-5,8-9,11,15,18H,6-7,10,12-13H2,1H3. The number of aromatic nitrogens is 1. The lowest BCUT2D eigenvalue weighted by Crippen LogP contribution is -2.18. The number of aryl methyl sites for hydroxylation is 2. The Morgan fingerprint density at radius 3 is 2.70 bits per heavy atom. The fourth-order valence-electron chi connectivity index (χ4n) is 2.41. The van der Waals surface area contributed by atoms with Crippen LogP contribution < -0.4 is 10.1 Å².